The minimum Gasteiger partial charge on any atom is -0.392 e. The number of benzene rings is 1. The van der Waals surface area contributed by atoms with Crippen LogP contribution in [0.2, 0.25) is 0 Å². The quantitative estimate of drug-likeness (QED) is 0.773. The molecule has 2 nitrogen and oxygen atoms in total. The molecule has 1 aliphatic rings. The summed E-state index contributed by atoms with van der Waals surface area (Å²) in [6.45, 7) is 1.67. The van der Waals surface area contributed by atoms with E-state index in [1.165, 1.54) is 17.7 Å². The maximum Gasteiger partial charge on any atom is 0.123 e. The van der Waals surface area contributed by atoms with E-state index in [0.717, 1.165) is 25.1 Å². The van der Waals surface area contributed by atoms with E-state index < -0.39 is 0 Å². The molecule has 0 aromatic heterocycles. The van der Waals surface area contributed by atoms with Crippen molar-refractivity contribution in [3.05, 3.63) is 41.2 Å². The summed E-state index contributed by atoms with van der Waals surface area (Å²) in [4.78, 5) is 0. The first-order valence-electron chi connectivity index (χ1n) is 5.10. The fraction of sp³-hybridized carbons (Fsp3) is 0.333. The molecular formula is C12H14FNO. The van der Waals surface area contributed by atoms with Crippen LogP contribution in [0.1, 0.15) is 17.5 Å². The topological polar surface area (TPSA) is 32.3 Å². The van der Waals surface area contributed by atoms with E-state index in [2.05, 4.69) is 11.4 Å². The summed E-state index contributed by atoms with van der Waals surface area (Å²) in [6.07, 6.45) is 3.02. The Morgan fingerprint density at radius 1 is 1.40 bits per heavy atom. The standard InChI is InChI=1S/C12H14FNO/c13-11-1-2-12(10(7-11)8-15)9-3-5-14-6-4-9/h1-3,7,14-15H,4-6,8H2. The minimum absolute atomic E-state index is 0.113. The van der Waals surface area contributed by atoms with E-state index in [0.29, 0.717) is 5.56 Å². The van der Waals surface area contributed by atoms with Gasteiger partial charge in [0.1, 0.15) is 5.82 Å². The number of hydrogen-bond donors (Lipinski definition) is 2. The Morgan fingerprint density at radius 3 is 2.93 bits per heavy atom. The van der Waals surface area contributed by atoms with Crippen molar-refractivity contribution in [2.24, 2.45) is 0 Å². The molecule has 3 heteroatoms. The first-order chi connectivity index (χ1) is 7.31. The number of halogens is 1. The maximum absolute atomic E-state index is 13.0. The van der Waals surface area contributed by atoms with Crippen LogP contribution in [0.4, 0.5) is 4.39 Å². The Bertz CT molecular complexity index is 387. The highest BCUT2D eigenvalue weighted by atomic mass is 19.1. The van der Waals surface area contributed by atoms with E-state index >= 15 is 0 Å². The molecule has 0 aliphatic carbocycles. The van der Waals surface area contributed by atoms with Gasteiger partial charge in [-0.15, -0.1) is 0 Å². The first kappa shape index (κ1) is 10.3. The number of rotatable bonds is 2. The van der Waals surface area contributed by atoms with Crippen LogP contribution in [0.5, 0.6) is 0 Å². The third kappa shape index (κ3) is 2.25. The number of nitrogens with one attached hydrogen (secondary N) is 1. The molecule has 0 spiro atoms. The van der Waals surface area contributed by atoms with Crippen molar-refractivity contribution in [2.75, 3.05) is 13.1 Å². The second-order valence-electron chi connectivity index (χ2n) is 3.64. The van der Waals surface area contributed by atoms with Gasteiger partial charge in [-0.05, 0) is 41.8 Å². The predicted molar refractivity (Wildman–Crippen MR) is 57.8 cm³/mol. The second kappa shape index (κ2) is 4.55. The largest absolute Gasteiger partial charge is 0.392 e. The summed E-state index contributed by atoms with van der Waals surface area (Å²) in [5.41, 5.74) is 2.83. The van der Waals surface area contributed by atoms with E-state index in [9.17, 15) is 4.39 Å². The summed E-state index contributed by atoms with van der Waals surface area (Å²) in [7, 11) is 0. The van der Waals surface area contributed by atoms with Crippen LogP contribution in [0, 0.1) is 5.82 Å². The van der Waals surface area contributed by atoms with Gasteiger partial charge >= 0.3 is 0 Å². The molecule has 2 N–H and O–H groups in total. The van der Waals surface area contributed by atoms with Gasteiger partial charge in [-0.25, -0.2) is 4.39 Å². The van der Waals surface area contributed by atoms with Gasteiger partial charge in [-0.3, -0.25) is 0 Å². The molecule has 2 rings (SSSR count). The maximum atomic E-state index is 13.0. The Morgan fingerprint density at radius 2 is 2.27 bits per heavy atom. The van der Waals surface area contributed by atoms with Crippen molar-refractivity contribution in [3.8, 4) is 0 Å². The van der Waals surface area contributed by atoms with E-state index in [1.807, 2.05) is 0 Å². The summed E-state index contributed by atoms with van der Waals surface area (Å²) in [5, 5.41) is 12.4. The molecule has 80 valence electrons. The lowest BCUT2D eigenvalue weighted by Crippen LogP contribution is -2.20. The summed E-state index contributed by atoms with van der Waals surface area (Å²) < 4.78 is 13.0. The van der Waals surface area contributed by atoms with Crippen LogP contribution in [0.25, 0.3) is 5.57 Å². The van der Waals surface area contributed by atoms with Crippen LogP contribution in [0.3, 0.4) is 0 Å². The molecule has 0 atom stereocenters. The number of hydrogen-bond acceptors (Lipinski definition) is 2. The smallest absolute Gasteiger partial charge is 0.123 e. The fourth-order valence-electron chi connectivity index (χ4n) is 1.87. The Hall–Kier alpha value is -1.19. The first-order valence-corrected chi connectivity index (χ1v) is 5.10. The molecule has 0 amide bonds. The molecule has 0 fully saturated rings. The summed E-state index contributed by atoms with van der Waals surface area (Å²) in [5.74, 6) is -0.294. The van der Waals surface area contributed by atoms with Gasteiger partial charge in [-0.1, -0.05) is 12.1 Å². The molecule has 0 saturated heterocycles. The Balaban J connectivity index is 2.38. The molecule has 0 unspecified atom stereocenters. The van der Waals surface area contributed by atoms with Crippen LogP contribution in [-0.2, 0) is 6.61 Å². The molecule has 1 aliphatic heterocycles. The van der Waals surface area contributed by atoms with Crippen molar-refractivity contribution >= 4 is 5.57 Å². The van der Waals surface area contributed by atoms with E-state index in [4.69, 9.17) is 5.11 Å². The zero-order valence-electron chi connectivity index (χ0n) is 8.46. The third-order valence-electron chi connectivity index (χ3n) is 2.65. The minimum atomic E-state index is -0.294. The monoisotopic (exact) mass is 207 g/mol. The van der Waals surface area contributed by atoms with Crippen molar-refractivity contribution in [2.45, 2.75) is 13.0 Å². The van der Waals surface area contributed by atoms with Gasteiger partial charge in [0.05, 0.1) is 6.61 Å². The number of aliphatic hydroxyl groups excluding tert-OH is 1. The van der Waals surface area contributed by atoms with Gasteiger partial charge in [0.2, 0.25) is 0 Å². The van der Waals surface area contributed by atoms with E-state index in [-0.39, 0.29) is 12.4 Å². The van der Waals surface area contributed by atoms with Crippen LogP contribution >= 0.6 is 0 Å². The normalized spacial score (nSPS) is 16.3. The van der Waals surface area contributed by atoms with Gasteiger partial charge in [0.25, 0.3) is 0 Å². The molecule has 0 saturated carbocycles. The molecule has 0 bridgehead atoms. The average Bonchev–Trinajstić information content (AvgIpc) is 2.30. The Labute approximate surface area is 88.4 Å². The van der Waals surface area contributed by atoms with Crippen molar-refractivity contribution in [3.63, 3.8) is 0 Å². The lowest BCUT2D eigenvalue weighted by atomic mass is 9.96. The molecule has 0 radical (unpaired) electrons. The van der Waals surface area contributed by atoms with Crippen molar-refractivity contribution in [1.29, 1.82) is 0 Å². The van der Waals surface area contributed by atoms with Crippen molar-refractivity contribution < 1.29 is 9.50 Å². The Kier molecular flexibility index (Phi) is 3.14. The summed E-state index contributed by atoms with van der Waals surface area (Å²) >= 11 is 0. The van der Waals surface area contributed by atoms with Crippen LogP contribution < -0.4 is 5.32 Å². The average molecular weight is 207 g/mol. The highest BCUT2D eigenvalue weighted by Gasteiger charge is 2.10. The number of aliphatic hydroxyl groups is 1. The van der Waals surface area contributed by atoms with Crippen LogP contribution in [0.15, 0.2) is 24.3 Å². The highest BCUT2D eigenvalue weighted by Crippen LogP contribution is 2.24. The van der Waals surface area contributed by atoms with Gasteiger partial charge in [0, 0.05) is 6.54 Å². The molecule has 1 heterocycles. The predicted octanol–water partition coefficient (Wildman–Crippen LogP) is 1.69. The van der Waals surface area contributed by atoms with Gasteiger partial charge in [-0.2, -0.15) is 0 Å². The lowest BCUT2D eigenvalue weighted by molar-refractivity contribution is 0.281. The highest BCUT2D eigenvalue weighted by molar-refractivity contribution is 5.69. The second-order valence-corrected chi connectivity index (χ2v) is 3.64. The fourth-order valence-corrected chi connectivity index (χ4v) is 1.87. The van der Waals surface area contributed by atoms with Gasteiger partial charge in [0.15, 0.2) is 0 Å². The zero-order chi connectivity index (χ0) is 10.7. The molecule has 1 aromatic rings. The van der Waals surface area contributed by atoms with Crippen molar-refractivity contribution in [1.82, 2.24) is 5.32 Å². The third-order valence-corrected chi connectivity index (χ3v) is 2.65. The summed E-state index contributed by atoms with van der Waals surface area (Å²) in [6, 6.07) is 4.59. The zero-order valence-corrected chi connectivity index (χ0v) is 8.46. The van der Waals surface area contributed by atoms with E-state index in [1.54, 1.807) is 6.07 Å². The molecular weight excluding hydrogens is 193 g/mol. The van der Waals surface area contributed by atoms with Gasteiger partial charge < -0.3 is 10.4 Å². The van der Waals surface area contributed by atoms with Crippen LogP contribution in [-0.4, -0.2) is 18.2 Å². The molecule has 15 heavy (non-hydrogen) atoms. The molecule has 1 aromatic carbocycles. The lowest BCUT2D eigenvalue weighted by Gasteiger charge is -2.16. The SMILES string of the molecule is OCc1cc(F)ccc1C1=CCNCC1.